The maximum atomic E-state index is 12.5. The highest BCUT2D eigenvalue weighted by molar-refractivity contribution is 6.32. The molecule has 0 spiro atoms. The van der Waals surface area contributed by atoms with E-state index in [1.165, 1.54) is 0 Å². The number of piperazine rings is 1. The van der Waals surface area contributed by atoms with E-state index in [0.717, 1.165) is 37.4 Å². The summed E-state index contributed by atoms with van der Waals surface area (Å²) < 4.78 is 1.67. The number of amides is 1. The molecule has 0 aliphatic carbocycles. The first kappa shape index (κ1) is 14.1. The number of carbonyl (C=O) groups excluding carboxylic acids is 1. The zero-order chi connectivity index (χ0) is 14.8. The number of nitrogens with one attached hydrogen (secondary N) is 1. The number of rotatable bonds is 2. The predicted octanol–water partition coefficient (Wildman–Crippen LogP) is 1.88. The summed E-state index contributed by atoms with van der Waals surface area (Å²) in [4.78, 5) is 14.4. The molecule has 6 heteroatoms. The number of halogens is 1. The van der Waals surface area contributed by atoms with Gasteiger partial charge in [0, 0.05) is 37.9 Å². The first-order valence-corrected chi connectivity index (χ1v) is 7.36. The van der Waals surface area contributed by atoms with Gasteiger partial charge in [0.05, 0.1) is 10.7 Å². The molecule has 2 heterocycles. The lowest BCUT2D eigenvalue weighted by atomic mass is 10.2. The third-order valence-electron chi connectivity index (χ3n) is 3.60. The average Bonchev–Trinajstić information content (AvgIpc) is 2.89. The van der Waals surface area contributed by atoms with Gasteiger partial charge in [-0.25, -0.2) is 4.68 Å². The number of hydrogen-bond acceptors (Lipinski definition) is 3. The maximum absolute atomic E-state index is 12.5. The third-order valence-corrected chi connectivity index (χ3v) is 3.92. The molecule has 0 saturated carbocycles. The molecule has 1 saturated heterocycles. The number of benzene rings is 1. The van der Waals surface area contributed by atoms with Crippen LogP contribution in [0.15, 0.2) is 30.5 Å². The van der Waals surface area contributed by atoms with Crippen molar-refractivity contribution >= 4 is 17.5 Å². The number of aryl methyl sites for hydroxylation is 1. The van der Waals surface area contributed by atoms with E-state index in [4.69, 9.17) is 11.6 Å². The second-order valence-electron chi connectivity index (χ2n) is 5.10. The van der Waals surface area contributed by atoms with Gasteiger partial charge in [0.1, 0.15) is 0 Å². The van der Waals surface area contributed by atoms with Crippen LogP contribution < -0.4 is 5.32 Å². The minimum atomic E-state index is -0.0141. The van der Waals surface area contributed by atoms with Crippen LogP contribution in [0.4, 0.5) is 0 Å². The SMILES string of the molecule is Cc1cn(-c2ccccc2Cl)nc1C(=O)N1CCNCC1. The Bertz CT molecular complexity index is 661. The summed E-state index contributed by atoms with van der Waals surface area (Å²) in [5.41, 5.74) is 2.14. The Kier molecular flexibility index (Phi) is 3.94. The first-order chi connectivity index (χ1) is 10.2. The van der Waals surface area contributed by atoms with Gasteiger partial charge in [0.2, 0.25) is 0 Å². The molecular formula is C15H17ClN4O. The molecule has 3 rings (SSSR count). The quantitative estimate of drug-likeness (QED) is 0.921. The summed E-state index contributed by atoms with van der Waals surface area (Å²) in [6.45, 7) is 5.00. The minimum Gasteiger partial charge on any atom is -0.335 e. The monoisotopic (exact) mass is 304 g/mol. The molecule has 1 aliphatic rings. The maximum Gasteiger partial charge on any atom is 0.274 e. The molecule has 1 amide bonds. The van der Waals surface area contributed by atoms with E-state index < -0.39 is 0 Å². The summed E-state index contributed by atoms with van der Waals surface area (Å²) in [7, 11) is 0. The fourth-order valence-corrected chi connectivity index (χ4v) is 2.67. The molecule has 110 valence electrons. The van der Waals surface area contributed by atoms with Gasteiger partial charge < -0.3 is 10.2 Å². The number of hydrogen-bond donors (Lipinski definition) is 1. The average molecular weight is 305 g/mol. The Morgan fingerprint density at radius 3 is 2.71 bits per heavy atom. The van der Waals surface area contributed by atoms with E-state index in [1.807, 2.05) is 42.3 Å². The van der Waals surface area contributed by atoms with Gasteiger partial charge in [0.25, 0.3) is 5.91 Å². The molecule has 5 nitrogen and oxygen atoms in total. The second kappa shape index (κ2) is 5.87. The second-order valence-corrected chi connectivity index (χ2v) is 5.51. The fraction of sp³-hybridized carbons (Fsp3) is 0.333. The smallest absolute Gasteiger partial charge is 0.274 e. The van der Waals surface area contributed by atoms with E-state index in [-0.39, 0.29) is 5.91 Å². The van der Waals surface area contributed by atoms with Crippen LogP contribution in [0.5, 0.6) is 0 Å². The van der Waals surface area contributed by atoms with Crippen LogP contribution in [0.3, 0.4) is 0 Å². The standard InChI is InChI=1S/C15H17ClN4O/c1-11-10-20(13-5-3-2-4-12(13)16)18-14(11)15(21)19-8-6-17-7-9-19/h2-5,10,17H,6-9H2,1H3. The number of carbonyl (C=O) groups is 1. The lowest BCUT2D eigenvalue weighted by molar-refractivity contribution is 0.0728. The lowest BCUT2D eigenvalue weighted by Crippen LogP contribution is -2.46. The highest BCUT2D eigenvalue weighted by atomic mass is 35.5. The molecule has 0 unspecified atom stereocenters. The summed E-state index contributed by atoms with van der Waals surface area (Å²) >= 11 is 6.18. The van der Waals surface area contributed by atoms with Crippen LogP contribution in [0, 0.1) is 6.92 Å². The van der Waals surface area contributed by atoms with Crippen molar-refractivity contribution < 1.29 is 4.79 Å². The molecule has 0 bridgehead atoms. The van der Waals surface area contributed by atoms with Crippen LogP contribution in [-0.4, -0.2) is 46.8 Å². The Morgan fingerprint density at radius 2 is 2.00 bits per heavy atom. The van der Waals surface area contributed by atoms with Crippen molar-refractivity contribution in [1.29, 1.82) is 0 Å². The summed E-state index contributed by atoms with van der Waals surface area (Å²) in [5.74, 6) is -0.0141. The van der Waals surface area contributed by atoms with Crippen LogP contribution in [0.25, 0.3) is 5.69 Å². The van der Waals surface area contributed by atoms with Crippen LogP contribution >= 0.6 is 11.6 Å². The lowest BCUT2D eigenvalue weighted by Gasteiger charge is -2.26. The molecule has 0 atom stereocenters. The van der Waals surface area contributed by atoms with Gasteiger partial charge in [-0.15, -0.1) is 0 Å². The fourth-order valence-electron chi connectivity index (χ4n) is 2.45. The Morgan fingerprint density at radius 1 is 1.29 bits per heavy atom. The van der Waals surface area contributed by atoms with E-state index in [2.05, 4.69) is 10.4 Å². The van der Waals surface area contributed by atoms with E-state index in [1.54, 1.807) is 4.68 Å². The van der Waals surface area contributed by atoms with Crippen LogP contribution in [-0.2, 0) is 0 Å². The van der Waals surface area contributed by atoms with Gasteiger partial charge in [0.15, 0.2) is 5.69 Å². The molecule has 21 heavy (non-hydrogen) atoms. The van der Waals surface area contributed by atoms with Crippen LogP contribution in [0.1, 0.15) is 16.1 Å². The third kappa shape index (κ3) is 2.80. The van der Waals surface area contributed by atoms with Crippen LogP contribution in [0.2, 0.25) is 5.02 Å². The van der Waals surface area contributed by atoms with Gasteiger partial charge >= 0.3 is 0 Å². The predicted molar refractivity (Wildman–Crippen MR) is 82.1 cm³/mol. The molecule has 1 aromatic carbocycles. The van der Waals surface area contributed by atoms with E-state index in [9.17, 15) is 4.79 Å². The highest BCUT2D eigenvalue weighted by Gasteiger charge is 2.22. The highest BCUT2D eigenvalue weighted by Crippen LogP contribution is 2.21. The molecule has 1 aliphatic heterocycles. The van der Waals surface area contributed by atoms with Gasteiger partial charge in [-0.3, -0.25) is 4.79 Å². The Balaban J connectivity index is 1.91. The normalized spacial score (nSPS) is 15.2. The zero-order valence-corrected chi connectivity index (χ0v) is 12.6. The summed E-state index contributed by atoms with van der Waals surface area (Å²) in [6, 6.07) is 7.46. The van der Waals surface area contributed by atoms with Gasteiger partial charge in [-0.2, -0.15) is 5.10 Å². The topological polar surface area (TPSA) is 50.2 Å². The van der Waals surface area contributed by atoms with Crippen molar-refractivity contribution in [2.45, 2.75) is 6.92 Å². The number of nitrogens with zero attached hydrogens (tertiary/aromatic N) is 3. The molecule has 0 radical (unpaired) electrons. The number of para-hydroxylation sites is 1. The molecular weight excluding hydrogens is 288 g/mol. The molecule has 1 fully saturated rings. The van der Waals surface area contributed by atoms with Gasteiger partial charge in [-0.05, 0) is 19.1 Å². The zero-order valence-electron chi connectivity index (χ0n) is 11.8. The molecule has 1 aromatic heterocycles. The van der Waals surface area contributed by atoms with Crippen molar-refractivity contribution in [3.8, 4) is 5.69 Å². The molecule has 1 N–H and O–H groups in total. The Hall–Kier alpha value is -1.85. The van der Waals surface area contributed by atoms with Crippen molar-refractivity contribution in [3.63, 3.8) is 0 Å². The first-order valence-electron chi connectivity index (χ1n) is 6.98. The molecule has 2 aromatic rings. The minimum absolute atomic E-state index is 0.0141. The van der Waals surface area contributed by atoms with E-state index in [0.29, 0.717) is 10.7 Å². The van der Waals surface area contributed by atoms with Crippen molar-refractivity contribution in [2.75, 3.05) is 26.2 Å². The summed E-state index contributed by atoms with van der Waals surface area (Å²) in [6.07, 6.45) is 1.84. The largest absolute Gasteiger partial charge is 0.335 e. The van der Waals surface area contributed by atoms with Crippen molar-refractivity contribution in [1.82, 2.24) is 20.0 Å². The summed E-state index contributed by atoms with van der Waals surface area (Å²) in [5, 5.41) is 8.29. The number of aromatic nitrogens is 2. The van der Waals surface area contributed by atoms with Gasteiger partial charge in [-0.1, -0.05) is 23.7 Å². The van der Waals surface area contributed by atoms with E-state index >= 15 is 0 Å². The van der Waals surface area contributed by atoms with Crippen molar-refractivity contribution in [2.24, 2.45) is 0 Å². The van der Waals surface area contributed by atoms with Crippen molar-refractivity contribution in [3.05, 3.63) is 46.7 Å². The Labute approximate surface area is 128 Å².